The van der Waals surface area contributed by atoms with E-state index < -0.39 is 0 Å². The Kier molecular flexibility index (Phi) is 7.19. The van der Waals surface area contributed by atoms with Crippen molar-refractivity contribution in [3.63, 3.8) is 0 Å². The number of unbranched alkanes of at least 4 members (excludes halogenated alkanes) is 1. The van der Waals surface area contributed by atoms with Crippen LogP contribution in [0.1, 0.15) is 37.3 Å². The molecular formula is C16H26N2O. The van der Waals surface area contributed by atoms with Crippen LogP contribution in [0.4, 0.5) is 0 Å². The predicted molar refractivity (Wildman–Crippen MR) is 80.0 cm³/mol. The number of rotatable bonds is 8. The summed E-state index contributed by atoms with van der Waals surface area (Å²) < 4.78 is 0. The van der Waals surface area contributed by atoms with E-state index in [9.17, 15) is 4.79 Å². The number of hydrogen-bond donors (Lipinski definition) is 1. The number of nitrogens with two attached hydrogens (primary N) is 1. The Balaban J connectivity index is 2.37. The molecule has 0 spiro atoms. The van der Waals surface area contributed by atoms with Gasteiger partial charge in [0.15, 0.2) is 0 Å². The molecule has 1 aromatic rings. The Bertz CT molecular complexity index is 373. The lowest BCUT2D eigenvalue weighted by molar-refractivity contribution is -0.131. The van der Waals surface area contributed by atoms with E-state index in [0.717, 1.165) is 32.4 Å². The zero-order chi connectivity index (χ0) is 14.1. The van der Waals surface area contributed by atoms with Gasteiger partial charge in [0, 0.05) is 19.5 Å². The van der Waals surface area contributed by atoms with E-state index in [0.29, 0.717) is 13.0 Å². The molecule has 1 rings (SSSR count). The average Bonchev–Trinajstić information content (AvgIpc) is 2.43. The lowest BCUT2D eigenvalue weighted by Crippen LogP contribution is -2.32. The molecule has 1 amide bonds. The molecule has 0 aliphatic heterocycles. The van der Waals surface area contributed by atoms with Gasteiger partial charge in [-0.3, -0.25) is 4.79 Å². The molecule has 0 saturated carbocycles. The van der Waals surface area contributed by atoms with Gasteiger partial charge in [-0.15, -0.1) is 0 Å². The Morgan fingerprint density at radius 1 is 1.21 bits per heavy atom. The number of carbonyl (C=O) groups is 1. The predicted octanol–water partition coefficient (Wildman–Crippen LogP) is 2.52. The van der Waals surface area contributed by atoms with E-state index in [1.165, 1.54) is 11.1 Å². The van der Waals surface area contributed by atoms with Crippen molar-refractivity contribution in [3.05, 3.63) is 35.4 Å². The van der Waals surface area contributed by atoms with Gasteiger partial charge in [0.1, 0.15) is 0 Å². The SMILES string of the molecule is CCN(CCCCN)C(=O)CCc1ccc(C)cc1. The lowest BCUT2D eigenvalue weighted by atomic mass is 10.1. The summed E-state index contributed by atoms with van der Waals surface area (Å²) >= 11 is 0. The fourth-order valence-electron chi connectivity index (χ4n) is 2.07. The molecule has 0 unspecified atom stereocenters. The number of amides is 1. The largest absolute Gasteiger partial charge is 0.343 e. The van der Waals surface area contributed by atoms with Crippen molar-refractivity contribution in [3.8, 4) is 0 Å². The van der Waals surface area contributed by atoms with E-state index in [-0.39, 0.29) is 5.91 Å². The summed E-state index contributed by atoms with van der Waals surface area (Å²) in [7, 11) is 0. The minimum Gasteiger partial charge on any atom is -0.343 e. The molecule has 0 radical (unpaired) electrons. The second-order valence-corrected chi connectivity index (χ2v) is 4.95. The van der Waals surface area contributed by atoms with Crippen molar-refractivity contribution in [1.29, 1.82) is 0 Å². The molecule has 3 nitrogen and oxygen atoms in total. The van der Waals surface area contributed by atoms with Gasteiger partial charge in [-0.1, -0.05) is 29.8 Å². The van der Waals surface area contributed by atoms with Crippen molar-refractivity contribution in [2.45, 2.75) is 39.5 Å². The first-order valence-electron chi connectivity index (χ1n) is 7.20. The van der Waals surface area contributed by atoms with Crippen LogP contribution >= 0.6 is 0 Å². The molecule has 0 aliphatic carbocycles. The molecule has 0 saturated heterocycles. The summed E-state index contributed by atoms with van der Waals surface area (Å²) in [6, 6.07) is 8.40. The van der Waals surface area contributed by atoms with Crippen LogP contribution in [0, 0.1) is 6.92 Å². The summed E-state index contributed by atoms with van der Waals surface area (Å²) in [5.41, 5.74) is 7.97. The van der Waals surface area contributed by atoms with E-state index in [2.05, 4.69) is 31.2 Å². The van der Waals surface area contributed by atoms with E-state index >= 15 is 0 Å². The van der Waals surface area contributed by atoms with Crippen molar-refractivity contribution < 1.29 is 4.79 Å². The van der Waals surface area contributed by atoms with E-state index in [4.69, 9.17) is 5.73 Å². The maximum Gasteiger partial charge on any atom is 0.222 e. The Morgan fingerprint density at radius 3 is 2.47 bits per heavy atom. The topological polar surface area (TPSA) is 46.3 Å². The highest BCUT2D eigenvalue weighted by molar-refractivity contribution is 5.76. The quantitative estimate of drug-likeness (QED) is 0.732. The zero-order valence-electron chi connectivity index (χ0n) is 12.2. The van der Waals surface area contributed by atoms with E-state index in [1.807, 2.05) is 11.8 Å². The van der Waals surface area contributed by atoms with Crippen LogP contribution in [0.5, 0.6) is 0 Å². The summed E-state index contributed by atoms with van der Waals surface area (Å²) in [5, 5.41) is 0. The minimum absolute atomic E-state index is 0.250. The molecule has 0 bridgehead atoms. The third-order valence-corrected chi connectivity index (χ3v) is 3.36. The average molecular weight is 262 g/mol. The van der Waals surface area contributed by atoms with Gasteiger partial charge in [0.2, 0.25) is 5.91 Å². The van der Waals surface area contributed by atoms with Gasteiger partial charge in [-0.25, -0.2) is 0 Å². The Morgan fingerprint density at radius 2 is 1.89 bits per heavy atom. The summed E-state index contributed by atoms with van der Waals surface area (Å²) in [6.07, 6.45) is 3.41. The second kappa shape index (κ2) is 8.70. The van der Waals surface area contributed by atoms with Gasteiger partial charge in [0.05, 0.1) is 0 Å². The first-order valence-corrected chi connectivity index (χ1v) is 7.20. The number of benzene rings is 1. The first kappa shape index (κ1) is 15.7. The molecule has 0 aliphatic rings. The van der Waals surface area contributed by atoms with E-state index in [1.54, 1.807) is 0 Å². The first-order chi connectivity index (χ1) is 9.17. The number of hydrogen-bond acceptors (Lipinski definition) is 2. The smallest absolute Gasteiger partial charge is 0.222 e. The summed E-state index contributed by atoms with van der Waals surface area (Å²) in [6.45, 7) is 6.43. The molecule has 1 aromatic carbocycles. The van der Waals surface area contributed by atoms with Crippen molar-refractivity contribution in [2.24, 2.45) is 5.73 Å². The highest BCUT2D eigenvalue weighted by Gasteiger charge is 2.10. The van der Waals surface area contributed by atoms with Gasteiger partial charge in [-0.2, -0.15) is 0 Å². The van der Waals surface area contributed by atoms with Gasteiger partial charge in [-0.05, 0) is 45.2 Å². The molecule has 3 heteroatoms. The highest BCUT2D eigenvalue weighted by Crippen LogP contribution is 2.07. The van der Waals surface area contributed by atoms with Crippen molar-refractivity contribution in [2.75, 3.05) is 19.6 Å². The van der Waals surface area contributed by atoms with Crippen molar-refractivity contribution in [1.82, 2.24) is 4.90 Å². The normalized spacial score (nSPS) is 10.5. The van der Waals surface area contributed by atoms with Gasteiger partial charge >= 0.3 is 0 Å². The molecule has 0 atom stereocenters. The third-order valence-electron chi connectivity index (χ3n) is 3.36. The van der Waals surface area contributed by atoms with Gasteiger partial charge < -0.3 is 10.6 Å². The molecule has 0 fully saturated rings. The van der Waals surface area contributed by atoms with Crippen LogP contribution in [0.3, 0.4) is 0 Å². The van der Waals surface area contributed by atoms with Gasteiger partial charge in [0.25, 0.3) is 0 Å². The molecule has 0 heterocycles. The lowest BCUT2D eigenvalue weighted by Gasteiger charge is -2.20. The molecule has 2 N–H and O–H groups in total. The molecule has 0 aromatic heterocycles. The number of carbonyl (C=O) groups excluding carboxylic acids is 1. The van der Waals surface area contributed by atoms with Crippen LogP contribution < -0.4 is 5.73 Å². The number of nitrogens with zero attached hydrogens (tertiary/aromatic N) is 1. The maximum atomic E-state index is 12.1. The maximum absolute atomic E-state index is 12.1. The van der Waals surface area contributed by atoms with Crippen LogP contribution in [0.15, 0.2) is 24.3 Å². The van der Waals surface area contributed by atoms with Crippen LogP contribution in [0.25, 0.3) is 0 Å². The van der Waals surface area contributed by atoms with Crippen LogP contribution in [-0.4, -0.2) is 30.4 Å². The van der Waals surface area contributed by atoms with Crippen molar-refractivity contribution >= 4 is 5.91 Å². The van der Waals surface area contributed by atoms with Crippen LogP contribution in [0.2, 0.25) is 0 Å². The standard InChI is InChI=1S/C16H26N2O/c1-3-18(13-5-4-12-17)16(19)11-10-15-8-6-14(2)7-9-15/h6-9H,3-5,10-13,17H2,1-2H3. The number of aryl methyl sites for hydroxylation is 2. The Labute approximate surface area is 116 Å². The Hall–Kier alpha value is -1.35. The van der Waals surface area contributed by atoms with Crippen LogP contribution in [-0.2, 0) is 11.2 Å². The monoisotopic (exact) mass is 262 g/mol. The summed E-state index contributed by atoms with van der Waals surface area (Å²) in [4.78, 5) is 14.0. The summed E-state index contributed by atoms with van der Waals surface area (Å²) in [5.74, 6) is 0.250. The highest BCUT2D eigenvalue weighted by atomic mass is 16.2. The fourth-order valence-corrected chi connectivity index (χ4v) is 2.07. The third kappa shape index (κ3) is 5.88. The molecule has 106 valence electrons. The zero-order valence-corrected chi connectivity index (χ0v) is 12.2. The second-order valence-electron chi connectivity index (χ2n) is 4.95. The minimum atomic E-state index is 0.250. The molecule has 19 heavy (non-hydrogen) atoms. The fraction of sp³-hybridized carbons (Fsp3) is 0.562. The molecular weight excluding hydrogens is 236 g/mol.